The highest BCUT2D eigenvalue weighted by molar-refractivity contribution is 5.44. The molecular formula is C29H37N3O2. The van der Waals surface area contributed by atoms with Crippen molar-refractivity contribution in [1.29, 1.82) is 0 Å². The zero-order valence-electron chi connectivity index (χ0n) is 20.4. The van der Waals surface area contributed by atoms with Gasteiger partial charge in [0, 0.05) is 38.3 Å². The standard InChI is InChI=1S/C29H37N3O2/c1-2-3-16-32-26(18-30-29(32)25-12-8-5-9-13-25)21-31(19-23-10-6-4-7-11-23)20-24-14-15-27-28(17-24)34-22-33-27/h4,6-7,10-11,14-15,17-18,25H,2-3,5,8-9,12-13,16,19-22H2,1H3. The van der Waals surface area contributed by atoms with Crippen molar-refractivity contribution in [2.45, 2.75) is 84.0 Å². The summed E-state index contributed by atoms with van der Waals surface area (Å²) < 4.78 is 13.7. The van der Waals surface area contributed by atoms with Gasteiger partial charge in [0.1, 0.15) is 5.82 Å². The molecule has 0 spiro atoms. The Balaban J connectivity index is 1.40. The van der Waals surface area contributed by atoms with Crippen LogP contribution in [-0.4, -0.2) is 21.2 Å². The molecule has 0 unspecified atom stereocenters. The van der Waals surface area contributed by atoms with Crippen molar-refractivity contribution < 1.29 is 9.47 Å². The summed E-state index contributed by atoms with van der Waals surface area (Å²) in [5.41, 5.74) is 3.91. The molecule has 2 aliphatic rings. The van der Waals surface area contributed by atoms with Crippen LogP contribution in [0.15, 0.2) is 54.7 Å². The van der Waals surface area contributed by atoms with Gasteiger partial charge in [-0.15, -0.1) is 0 Å². The van der Waals surface area contributed by atoms with Gasteiger partial charge in [-0.05, 0) is 42.5 Å². The van der Waals surface area contributed by atoms with E-state index in [1.807, 2.05) is 6.07 Å². The van der Waals surface area contributed by atoms with Crippen molar-refractivity contribution in [2.75, 3.05) is 6.79 Å². The smallest absolute Gasteiger partial charge is 0.231 e. The topological polar surface area (TPSA) is 39.5 Å². The quantitative estimate of drug-likeness (QED) is 0.340. The van der Waals surface area contributed by atoms with Crippen LogP contribution in [0.4, 0.5) is 0 Å². The Morgan fingerprint density at radius 1 is 0.912 bits per heavy atom. The van der Waals surface area contributed by atoms with E-state index in [0.29, 0.717) is 12.7 Å². The third kappa shape index (κ3) is 5.47. The number of fused-ring (bicyclic) bond motifs is 1. The molecule has 180 valence electrons. The van der Waals surface area contributed by atoms with Gasteiger partial charge in [-0.25, -0.2) is 4.98 Å². The normalized spacial score (nSPS) is 15.8. The number of hydrogen-bond donors (Lipinski definition) is 0. The first-order chi connectivity index (χ1) is 16.8. The molecule has 2 heterocycles. The summed E-state index contributed by atoms with van der Waals surface area (Å²) >= 11 is 0. The predicted molar refractivity (Wildman–Crippen MR) is 135 cm³/mol. The summed E-state index contributed by atoms with van der Waals surface area (Å²) in [7, 11) is 0. The molecular weight excluding hydrogens is 422 g/mol. The molecule has 0 atom stereocenters. The predicted octanol–water partition coefficient (Wildman–Crippen LogP) is 6.66. The maximum atomic E-state index is 5.64. The summed E-state index contributed by atoms with van der Waals surface area (Å²) in [6.45, 7) is 6.29. The second-order valence-corrected chi connectivity index (χ2v) is 9.77. The number of hydrogen-bond acceptors (Lipinski definition) is 4. The molecule has 5 rings (SSSR count). The van der Waals surface area contributed by atoms with Crippen LogP contribution < -0.4 is 9.47 Å². The largest absolute Gasteiger partial charge is 0.454 e. The second kappa shape index (κ2) is 11.1. The molecule has 0 amide bonds. The molecule has 2 aromatic carbocycles. The van der Waals surface area contributed by atoms with E-state index in [9.17, 15) is 0 Å². The van der Waals surface area contributed by atoms with E-state index < -0.39 is 0 Å². The van der Waals surface area contributed by atoms with Crippen molar-refractivity contribution in [3.8, 4) is 11.5 Å². The highest BCUT2D eigenvalue weighted by Crippen LogP contribution is 2.34. The Kier molecular flexibility index (Phi) is 7.49. The van der Waals surface area contributed by atoms with E-state index in [-0.39, 0.29) is 0 Å². The molecule has 1 aliphatic heterocycles. The number of rotatable bonds is 10. The Morgan fingerprint density at radius 2 is 1.71 bits per heavy atom. The lowest BCUT2D eigenvalue weighted by Crippen LogP contribution is -2.24. The average Bonchev–Trinajstić information content (AvgIpc) is 3.50. The lowest BCUT2D eigenvalue weighted by atomic mass is 9.88. The molecule has 1 saturated carbocycles. The van der Waals surface area contributed by atoms with Gasteiger partial charge in [0.25, 0.3) is 0 Å². The summed E-state index contributed by atoms with van der Waals surface area (Å²) in [4.78, 5) is 7.53. The Labute approximate surface area is 203 Å². The van der Waals surface area contributed by atoms with E-state index in [4.69, 9.17) is 14.5 Å². The van der Waals surface area contributed by atoms with E-state index in [2.05, 4.69) is 65.1 Å². The Morgan fingerprint density at radius 3 is 2.53 bits per heavy atom. The lowest BCUT2D eigenvalue weighted by Gasteiger charge is -2.26. The van der Waals surface area contributed by atoms with Crippen LogP contribution in [0, 0.1) is 0 Å². The lowest BCUT2D eigenvalue weighted by molar-refractivity contribution is 0.174. The van der Waals surface area contributed by atoms with Crippen molar-refractivity contribution in [1.82, 2.24) is 14.5 Å². The molecule has 3 aromatic rings. The van der Waals surface area contributed by atoms with E-state index in [0.717, 1.165) is 37.7 Å². The van der Waals surface area contributed by atoms with E-state index in [1.165, 1.54) is 67.6 Å². The van der Waals surface area contributed by atoms with Gasteiger partial charge >= 0.3 is 0 Å². The highest BCUT2D eigenvalue weighted by Gasteiger charge is 2.23. The molecule has 0 radical (unpaired) electrons. The number of unbranched alkanes of at least 4 members (excludes halogenated alkanes) is 1. The average molecular weight is 460 g/mol. The number of imidazole rings is 1. The van der Waals surface area contributed by atoms with E-state index >= 15 is 0 Å². The van der Waals surface area contributed by atoms with Gasteiger partial charge in [-0.3, -0.25) is 4.90 Å². The Bertz CT molecular complexity index is 1060. The van der Waals surface area contributed by atoms with Crippen LogP contribution >= 0.6 is 0 Å². The van der Waals surface area contributed by atoms with Gasteiger partial charge in [-0.1, -0.05) is 69.0 Å². The molecule has 1 fully saturated rings. The van der Waals surface area contributed by atoms with Crippen LogP contribution in [0.2, 0.25) is 0 Å². The number of aromatic nitrogens is 2. The second-order valence-electron chi connectivity index (χ2n) is 9.77. The molecule has 1 aromatic heterocycles. The first-order valence-electron chi connectivity index (χ1n) is 13.0. The van der Waals surface area contributed by atoms with Crippen molar-refractivity contribution in [3.05, 3.63) is 77.4 Å². The van der Waals surface area contributed by atoms with Gasteiger partial charge < -0.3 is 14.0 Å². The maximum absolute atomic E-state index is 5.64. The first kappa shape index (κ1) is 23.0. The molecule has 0 bridgehead atoms. The minimum Gasteiger partial charge on any atom is -0.454 e. The maximum Gasteiger partial charge on any atom is 0.231 e. The summed E-state index contributed by atoms with van der Waals surface area (Å²) in [5, 5.41) is 0. The van der Waals surface area contributed by atoms with Crippen LogP contribution in [-0.2, 0) is 26.2 Å². The fourth-order valence-corrected chi connectivity index (χ4v) is 5.35. The number of benzene rings is 2. The number of nitrogens with zero attached hydrogens (tertiary/aromatic N) is 3. The van der Waals surface area contributed by atoms with Crippen LogP contribution in [0.1, 0.15) is 80.4 Å². The van der Waals surface area contributed by atoms with Gasteiger partial charge in [-0.2, -0.15) is 0 Å². The SMILES string of the molecule is CCCCn1c(CN(Cc2ccccc2)Cc2ccc3c(c2)OCO3)cnc1C1CCCCC1. The highest BCUT2D eigenvalue weighted by atomic mass is 16.7. The van der Waals surface area contributed by atoms with Gasteiger partial charge in [0.15, 0.2) is 11.5 Å². The number of ether oxygens (including phenoxy) is 2. The molecule has 34 heavy (non-hydrogen) atoms. The monoisotopic (exact) mass is 459 g/mol. The van der Waals surface area contributed by atoms with Crippen molar-refractivity contribution in [3.63, 3.8) is 0 Å². The van der Waals surface area contributed by atoms with Crippen LogP contribution in [0.3, 0.4) is 0 Å². The zero-order valence-corrected chi connectivity index (χ0v) is 20.4. The van der Waals surface area contributed by atoms with Crippen molar-refractivity contribution >= 4 is 0 Å². The third-order valence-corrected chi connectivity index (χ3v) is 7.15. The Hall–Kier alpha value is -2.79. The molecule has 5 heteroatoms. The fraction of sp³-hybridized carbons (Fsp3) is 0.483. The van der Waals surface area contributed by atoms with Crippen LogP contribution in [0.25, 0.3) is 0 Å². The summed E-state index contributed by atoms with van der Waals surface area (Å²) in [6, 6.07) is 17.1. The first-order valence-corrected chi connectivity index (χ1v) is 13.0. The zero-order chi connectivity index (χ0) is 23.2. The molecule has 1 aliphatic carbocycles. The minimum absolute atomic E-state index is 0.313. The van der Waals surface area contributed by atoms with Gasteiger partial charge in [0.2, 0.25) is 6.79 Å². The van der Waals surface area contributed by atoms with E-state index in [1.54, 1.807) is 0 Å². The third-order valence-electron chi connectivity index (χ3n) is 7.15. The summed E-state index contributed by atoms with van der Waals surface area (Å²) in [5.74, 6) is 3.64. The van der Waals surface area contributed by atoms with Crippen LogP contribution in [0.5, 0.6) is 11.5 Å². The van der Waals surface area contributed by atoms with Gasteiger partial charge in [0.05, 0.1) is 5.69 Å². The summed E-state index contributed by atoms with van der Waals surface area (Å²) in [6.07, 6.45) is 11.2. The van der Waals surface area contributed by atoms with Crippen molar-refractivity contribution in [2.24, 2.45) is 0 Å². The molecule has 0 saturated heterocycles. The molecule has 0 N–H and O–H groups in total. The minimum atomic E-state index is 0.313. The fourth-order valence-electron chi connectivity index (χ4n) is 5.35. The molecule has 5 nitrogen and oxygen atoms in total.